The second-order valence-corrected chi connectivity index (χ2v) is 5.71. The molecule has 1 aromatic rings. The van der Waals surface area contributed by atoms with Crippen LogP contribution in [0.3, 0.4) is 0 Å². The average Bonchev–Trinajstić information content (AvgIpc) is 2.63. The van der Waals surface area contributed by atoms with Gasteiger partial charge in [-0.15, -0.1) is 0 Å². The van der Waals surface area contributed by atoms with Gasteiger partial charge in [0.2, 0.25) is 0 Å². The summed E-state index contributed by atoms with van der Waals surface area (Å²) in [5.41, 5.74) is 8.89. The van der Waals surface area contributed by atoms with Crippen LogP contribution in [0.2, 0.25) is 0 Å². The molecule has 3 N–H and O–H groups in total. The molecule has 10 nitrogen and oxygen atoms in total. The fraction of sp³-hybridized carbons (Fsp3) is 0.600. The number of aliphatic hydroxyl groups is 2. The van der Waals surface area contributed by atoms with Gasteiger partial charge < -0.3 is 34.3 Å². The van der Waals surface area contributed by atoms with Crippen molar-refractivity contribution in [2.75, 3.05) is 19.8 Å². The number of aliphatic hydroxyl groups excluding tert-OH is 2. The van der Waals surface area contributed by atoms with Gasteiger partial charge in [-0.3, -0.25) is 0 Å². The predicted molar refractivity (Wildman–Crippen MR) is 82.3 cm³/mol. The maximum atomic E-state index is 10.3. The van der Waals surface area contributed by atoms with Crippen LogP contribution in [-0.2, 0) is 18.9 Å². The number of aromatic hydroxyl groups is 1. The van der Waals surface area contributed by atoms with Crippen molar-refractivity contribution in [1.82, 2.24) is 0 Å². The normalized spacial score (nSPS) is 34.8. The van der Waals surface area contributed by atoms with Gasteiger partial charge in [-0.05, 0) is 17.7 Å². The van der Waals surface area contributed by atoms with Crippen molar-refractivity contribution in [3.05, 3.63) is 40.3 Å². The number of phenolic OH excluding ortho intramolecular Hbond substituents is 1. The Morgan fingerprint density at radius 1 is 1.20 bits per heavy atom. The van der Waals surface area contributed by atoms with E-state index < -0.39 is 37.0 Å². The monoisotopic (exact) mass is 353 g/mol. The maximum Gasteiger partial charge on any atom is 0.186 e. The molecule has 1 aromatic carbocycles. The molecule has 1 unspecified atom stereocenters. The first-order valence-corrected chi connectivity index (χ1v) is 7.80. The molecule has 2 heterocycles. The van der Waals surface area contributed by atoms with Crippen LogP contribution in [0, 0.1) is 0 Å². The van der Waals surface area contributed by atoms with Gasteiger partial charge in [0, 0.05) is 17.0 Å². The topological polar surface area (TPSA) is 146 Å². The van der Waals surface area contributed by atoms with Gasteiger partial charge in [-0.25, -0.2) is 0 Å². The minimum Gasteiger partial charge on any atom is -0.508 e. The van der Waals surface area contributed by atoms with E-state index in [0.717, 1.165) is 0 Å². The number of nitrogens with zero attached hydrogens (tertiary/aromatic N) is 3. The lowest BCUT2D eigenvalue weighted by Gasteiger charge is -2.46. The Hall–Kier alpha value is -1.91. The van der Waals surface area contributed by atoms with Crippen LogP contribution >= 0.6 is 0 Å². The van der Waals surface area contributed by atoms with Crippen LogP contribution in [0.1, 0.15) is 11.9 Å². The molecule has 0 amide bonds. The summed E-state index contributed by atoms with van der Waals surface area (Å²) < 4.78 is 22.2. The van der Waals surface area contributed by atoms with Crippen molar-refractivity contribution in [3.8, 4) is 5.75 Å². The van der Waals surface area contributed by atoms with Crippen LogP contribution in [0.4, 0.5) is 0 Å². The molecule has 0 aromatic heterocycles. The zero-order valence-electron chi connectivity index (χ0n) is 13.2. The number of phenols is 1. The number of fused-ring (bicyclic) bond motifs is 1. The number of azide groups is 1. The SMILES string of the molecule is [N-]=[N+]=NCCO[C@@H]1O[C@@H]2COC(c3ccc(O)cc3)O[C@H]2[C@H](O)[C@H]1O. The van der Waals surface area contributed by atoms with Gasteiger partial charge in [0.25, 0.3) is 0 Å². The number of ether oxygens (including phenoxy) is 4. The van der Waals surface area contributed by atoms with Gasteiger partial charge >= 0.3 is 0 Å². The molecule has 2 aliphatic rings. The highest BCUT2D eigenvalue weighted by atomic mass is 16.8. The van der Waals surface area contributed by atoms with E-state index in [0.29, 0.717) is 5.56 Å². The van der Waals surface area contributed by atoms with Crippen molar-refractivity contribution in [2.45, 2.75) is 37.0 Å². The molecule has 2 saturated heterocycles. The first kappa shape index (κ1) is 17.9. The second-order valence-electron chi connectivity index (χ2n) is 5.71. The number of hydrogen-bond donors (Lipinski definition) is 3. The molecular formula is C15H19N3O7. The first-order chi connectivity index (χ1) is 12.1. The summed E-state index contributed by atoms with van der Waals surface area (Å²) in [6.45, 7) is 0.271. The Labute approximate surface area is 143 Å². The smallest absolute Gasteiger partial charge is 0.186 e. The first-order valence-electron chi connectivity index (χ1n) is 7.80. The molecule has 136 valence electrons. The fourth-order valence-corrected chi connectivity index (χ4v) is 2.77. The van der Waals surface area contributed by atoms with Crippen molar-refractivity contribution < 1.29 is 34.3 Å². The number of benzene rings is 1. The molecule has 0 aliphatic carbocycles. The zero-order chi connectivity index (χ0) is 17.8. The van der Waals surface area contributed by atoms with E-state index in [1.165, 1.54) is 12.1 Å². The highest BCUT2D eigenvalue weighted by molar-refractivity contribution is 5.26. The van der Waals surface area contributed by atoms with E-state index in [2.05, 4.69) is 10.0 Å². The Bertz CT molecular complexity index is 620. The van der Waals surface area contributed by atoms with Crippen molar-refractivity contribution in [1.29, 1.82) is 0 Å². The van der Waals surface area contributed by atoms with Crippen LogP contribution in [0.15, 0.2) is 29.4 Å². The molecule has 2 fully saturated rings. The molecule has 6 atom stereocenters. The van der Waals surface area contributed by atoms with Gasteiger partial charge in [-0.1, -0.05) is 17.2 Å². The highest BCUT2D eigenvalue weighted by Gasteiger charge is 2.49. The minimum absolute atomic E-state index is 0.0493. The minimum atomic E-state index is -1.31. The van der Waals surface area contributed by atoms with E-state index in [1.807, 2.05) is 0 Å². The summed E-state index contributed by atoms with van der Waals surface area (Å²) in [6, 6.07) is 6.30. The Morgan fingerprint density at radius 2 is 1.96 bits per heavy atom. The summed E-state index contributed by atoms with van der Waals surface area (Å²) in [6.07, 6.45) is -5.76. The van der Waals surface area contributed by atoms with Gasteiger partial charge in [0.1, 0.15) is 30.2 Å². The summed E-state index contributed by atoms with van der Waals surface area (Å²) in [5.74, 6) is 0.120. The molecule has 25 heavy (non-hydrogen) atoms. The lowest BCUT2D eigenvalue weighted by atomic mass is 9.98. The van der Waals surface area contributed by atoms with Crippen LogP contribution in [0.25, 0.3) is 10.4 Å². The molecule has 0 spiro atoms. The quantitative estimate of drug-likeness (QED) is 0.304. The zero-order valence-corrected chi connectivity index (χ0v) is 13.2. The highest BCUT2D eigenvalue weighted by Crippen LogP contribution is 2.34. The van der Waals surface area contributed by atoms with E-state index in [1.54, 1.807) is 12.1 Å². The predicted octanol–water partition coefficient (Wildman–Crippen LogP) is 0.580. The Morgan fingerprint density at radius 3 is 2.68 bits per heavy atom. The van der Waals surface area contributed by atoms with E-state index in [4.69, 9.17) is 24.5 Å². The largest absolute Gasteiger partial charge is 0.508 e. The molecule has 3 rings (SSSR count). The Kier molecular flexibility index (Phi) is 5.71. The van der Waals surface area contributed by atoms with Crippen LogP contribution < -0.4 is 0 Å². The summed E-state index contributed by atoms with van der Waals surface area (Å²) in [4.78, 5) is 2.60. The Balaban J connectivity index is 1.62. The van der Waals surface area contributed by atoms with Crippen molar-refractivity contribution >= 4 is 0 Å². The van der Waals surface area contributed by atoms with Gasteiger partial charge in [-0.2, -0.15) is 0 Å². The number of hydrogen-bond acceptors (Lipinski definition) is 8. The lowest BCUT2D eigenvalue weighted by Crippen LogP contribution is -2.62. The third-order valence-corrected chi connectivity index (χ3v) is 4.04. The average molecular weight is 353 g/mol. The second kappa shape index (κ2) is 7.98. The summed E-state index contributed by atoms with van der Waals surface area (Å²) >= 11 is 0. The van der Waals surface area contributed by atoms with Crippen LogP contribution in [0.5, 0.6) is 5.75 Å². The maximum absolute atomic E-state index is 10.3. The third-order valence-electron chi connectivity index (χ3n) is 4.04. The van der Waals surface area contributed by atoms with E-state index >= 15 is 0 Å². The fourth-order valence-electron chi connectivity index (χ4n) is 2.77. The third kappa shape index (κ3) is 4.02. The van der Waals surface area contributed by atoms with E-state index in [-0.39, 0.29) is 25.5 Å². The van der Waals surface area contributed by atoms with Gasteiger partial charge in [0.05, 0.1) is 13.2 Å². The van der Waals surface area contributed by atoms with Gasteiger partial charge in [0.15, 0.2) is 12.6 Å². The molecule has 0 saturated carbocycles. The van der Waals surface area contributed by atoms with Crippen LogP contribution in [-0.4, -0.2) is 65.8 Å². The van der Waals surface area contributed by atoms with E-state index in [9.17, 15) is 15.3 Å². The molecule has 0 radical (unpaired) electrons. The molecule has 2 aliphatic heterocycles. The molecule has 10 heteroatoms. The van der Waals surface area contributed by atoms with Crippen molar-refractivity contribution in [3.63, 3.8) is 0 Å². The number of rotatable bonds is 5. The van der Waals surface area contributed by atoms with Crippen molar-refractivity contribution in [2.24, 2.45) is 5.11 Å². The molecular weight excluding hydrogens is 334 g/mol. The molecule has 0 bridgehead atoms. The standard InChI is InChI=1S/C15H19N3O7/c16-18-17-5-6-22-15-12(21)11(20)13-10(24-15)7-23-14(25-13)8-1-3-9(19)4-2-8/h1-4,10-15,19-21H,5-7H2/t10-,11-,12-,13-,14?,15-/m1/s1. The summed E-state index contributed by atoms with van der Waals surface area (Å²) in [5, 5.41) is 33.2. The summed E-state index contributed by atoms with van der Waals surface area (Å²) in [7, 11) is 0. The lowest BCUT2D eigenvalue weighted by molar-refractivity contribution is -0.361.